The Balaban J connectivity index is 1.67. The second kappa shape index (κ2) is 6.00. The highest BCUT2D eigenvalue weighted by molar-refractivity contribution is 5.91. The molecule has 0 aliphatic carbocycles. The van der Waals surface area contributed by atoms with E-state index in [2.05, 4.69) is 20.2 Å². The van der Waals surface area contributed by atoms with Gasteiger partial charge >= 0.3 is 5.97 Å². The number of benzene rings is 1. The minimum Gasteiger partial charge on any atom is -0.451 e. The molecule has 0 unspecified atom stereocenters. The van der Waals surface area contributed by atoms with E-state index in [0.717, 1.165) is 5.56 Å². The summed E-state index contributed by atoms with van der Waals surface area (Å²) in [6.07, 6.45) is 2.74. The minimum atomic E-state index is -0.704. The second-order valence-electron chi connectivity index (χ2n) is 4.23. The lowest BCUT2D eigenvalue weighted by Gasteiger charge is -2.02. The Morgan fingerprint density at radius 2 is 1.91 bits per heavy atom. The summed E-state index contributed by atoms with van der Waals surface area (Å²) in [4.78, 5) is 19.4. The number of anilines is 1. The van der Waals surface area contributed by atoms with Gasteiger partial charge in [0.2, 0.25) is 5.89 Å². The van der Waals surface area contributed by atoms with Gasteiger partial charge in [-0.15, -0.1) is 10.2 Å². The molecule has 2 aromatic heterocycles. The van der Waals surface area contributed by atoms with E-state index in [1.807, 2.05) is 30.3 Å². The van der Waals surface area contributed by atoms with Gasteiger partial charge in [0.1, 0.15) is 0 Å². The number of nitrogen functional groups attached to an aromatic ring is 1. The average Bonchev–Trinajstić information content (AvgIpc) is 3.03. The van der Waals surface area contributed by atoms with Crippen molar-refractivity contribution in [2.24, 2.45) is 0 Å². The number of hydrogen-bond donors (Lipinski definition) is 1. The number of carbonyl (C=O) groups excluding carboxylic acids is 1. The molecule has 0 saturated carbocycles. The molecular weight excluding hydrogens is 286 g/mol. The van der Waals surface area contributed by atoms with Crippen molar-refractivity contribution in [3.8, 4) is 11.5 Å². The molecule has 22 heavy (non-hydrogen) atoms. The third-order valence-corrected chi connectivity index (χ3v) is 2.73. The molecule has 1 aromatic carbocycles. The van der Waals surface area contributed by atoms with E-state index in [9.17, 15) is 4.79 Å². The quantitative estimate of drug-likeness (QED) is 0.719. The molecule has 0 radical (unpaired) electrons. The van der Waals surface area contributed by atoms with Crippen LogP contribution in [0.1, 0.15) is 16.4 Å². The van der Waals surface area contributed by atoms with E-state index < -0.39 is 5.97 Å². The SMILES string of the molecule is Nc1nccnc1C(=O)OCc1nnc(-c2ccccc2)o1. The van der Waals surface area contributed by atoms with Crippen LogP contribution in [0.2, 0.25) is 0 Å². The maximum atomic E-state index is 11.8. The Bertz CT molecular complexity index is 788. The molecule has 3 rings (SSSR count). The van der Waals surface area contributed by atoms with Crippen molar-refractivity contribution in [3.63, 3.8) is 0 Å². The summed E-state index contributed by atoms with van der Waals surface area (Å²) in [5.74, 6) is -0.173. The topological polar surface area (TPSA) is 117 Å². The number of carbonyl (C=O) groups is 1. The predicted molar refractivity (Wildman–Crippen MR) is 75.3 cm³/mol. The van der Waals surface area contributed by atoms with Gasteiger partial charge in [0.15, 0.2) is 18.1 Å². The van der Waals surface area contributed by atoms with Crippen molar-refractivity contribution in [1.29, 1.82) is 0 Å². The van der Waals surface area contributed by atoms with Crippen molar-refractivity contribution < 1.29 is 13.9 Å². The Labute approximate surface area is 125 Å². The van der Waals surface area contributed by atoms with Gasteiger partial charge in [-0.1, -0.05) is 18.2 Å². The van der Waals surface area contributed by atoms with Gasteiger partial charge in [0, 0.05) is 18.0 Å². The number of hydrogen-bond acceptors (Lipinski definition) is 8. The van der Waals surface area contributed by atoms with Crippen molar-refractivity contribution in [2.45, 2.75) is 6.61 Å². The molecule has 0 aliphatic rings. The minimum absolute atomic E-state index is 0.00278. The lowest BCUT2D eigenvalue weighted by molar-refractivity contribution is 0.0432. The van der Waals surface area contributed by atoms with Crippen LogP contribution in [-0.2, 0) is 11.3 Å². The van der Waals surface area contributed by atoms with Gasteiger partial charge in [-0.25, -0.2) is 14.8 Å². The normalized spacial score (nSPS) is 10.4. The van der Waals surface area contributed by atoms with E-state index in [1.165, 1.54) is 12.4 Å². The number of esters is 1. The van der Waals surface area contributed by atoms with E-state index >= 15 is 0 Å². The number of aromatic nitrogens is 4. The van der Waals surface area contributed by atoms with Crippen molar-refractivity contribution >= 4 is 11.8 Å². The maximum absolute atomic E-state index is 11.8. The third kappa shape index (κ3) is 2.90. The van der Waals surface area contributed by atoms with E-state index in [4.69, 9.17) is 14.9 Å². The van der Waals surface area contributed by atoms with E-state index in [-0.39, 0.29) is 24.0 Å². The molecule has 8 nitrogen and oxygen atoms in total. The predicted octanol–water partition coefficient (Wildman–Crippen LogP) is 1.47. The molecular formula is C14H11N5O3. The van der Waals surface area contributed by atoms with Gasteiger partial charge < -0.3 is 14.9 Å². The van der Waals surface area contributed by atoms with Gasteiger partial charge in [0.25, 0.3) is 5.89 Å². The molecule has 110 valence electrons. The van der Waals surface area contributed by atoms with Crippen LogP contribution in [0.3, 0.4) is 0 Å². The first kappa shape index (κ1) is 13.7. The molecule has 0 fully saturated rings. The fourth-order valence-electron chi connectivity index (χ4n) is 1.71. The smallest absolute Gasteiger partial charge is 0.361 e. The second-order valence-corrected chi connectivity index (χ2v) is 4.23. The maximum Gasteiger partial charge on any atom is 0.361 e. The summed E-state index contributed by atoms with van der Waals surface area (Å²) < 4.78 is 10.4. The molecule has 8 heteroatoms. The lowest BCUT2D eigenvalue weighted by atomic mass is 10.2. The van der Waals surface area contributed by atoms with Gasteiger partial charge in [0.05, 0.1) is 0 Å². The molecule has 0 bridgehead atoms. The zero-order valence-corrected chi connectivity index (χ0v) is 11.3. The van der Waals surface area contributed by atoms with Gasteiger partial charge in [-0.2, -0.15) is 0 Å². The standard InChI is InChI=1S/C14H11N5O3/c15-12-11(16-6-7-17-12)14(20)21-8-10-18-19-13(22-10)9-4-2-1-3-5-9/h1-7H,8H2,(H2,15,17). The highest BCUT2D eigenvalue weighted by Crippen LogP contribution is 2.17. The van der Waals surface area contributed by atoms with Gasteiger partial charge in [-0.05, 0) is 12.1 Å². The fourth-order valence-corrected chi connectivity index (χ4v) is 1.71. The molecule has 3 aromatic rings. The number of nitrogens with zero attached hydrogens (tertiary/aromatic N) is 4. The Morgan fingerprint density at radius 3 is 2.68 bits per heavy atom. The van der Waals surface area contributed by atoms with Crippen LogP contribution in [-0.4, -0.2) is 26.1 Å². The van der Waals surface area contributed by atoms with Crippen LogP contribution in [0.25, 0.3) is 11.5 Å². The molecule has 0 saturated heterocycles. The highest BCUT2D eigenvalue weighted by Gasteiger charge is 2.16. The van der Waals surface area contributed by atoms with Crippen LogP contribution in [0.4, 0.5) is 5.82 Å². The van der Waals surface area contributed by atoms with Crippen LogP contribution >= 0.6 is 0 Å². The number of nitrogens with two attached hydrogens (primary N) is 1. The molecule has 2 heterocycles. The molecule has 0 aliphatic heterocycles. The average molecular weight is 297 g/mol. The molecule has 0 amide bonds. The van der Waals surface area contributed by atoms with E-state index in [1.54, 1.807) is 0 Å². The van der Waals surface area contributed by atoms with Crippen molar-refractivity contribution in [3.05, 3.63) is 54.3 Å². The highest BCUT2D eigenvalue weighted by atomic mass is 16.5. The fraction of sp³-hybridized carbons (Fsp3) is 0.0714. The molecule has 0 spiro atoms. The lowest BCUT2D eigenvalue weighted by Crippen LogP contribution is -2.11. The van der Waals surface area contributed by atoms with Crippen LogP contribution in [0.5, 0.6) is 0 Å². The molecule has 2 N–H and O–H groups in total. The first-order valence-corrected chi connectivity index (χ1v) is 6.35. The monoisotopic (exact) mass is 297 g/mol. The summed E-state index contributed by atoms with van der Waals surface area (Å²) >= 11 is 0. The third-order valence-electron chi connectivity index (χ3n) is 2.73. The van der Waals surface area contributed by atoms with Crippen LogP contribution < -0.4 is 5.73 Å². The summed E-state index contributed by atoms with van der Waals surface area (Å²) in [7, 11) is 0. The Morgan fingerprint density at radius 1 is 1.14 bits per heavy atom. The summed E-state index contributed by atoms with van der Waals surface area (Å²) in [5.41, 5.74) is 6.28. The summed E-state index contributed by atoms with van der Waals surface area (Å²) in [6, 6.07) is 9.27. The Kier molecular flexibility index (Phi) is 3.73. The number of rotatable bonds is 4. The van der Waals surface area contributed by atoms with E-state index in [0.29, 0.717) is 5.89 Å². The van der Waals surface area contributed by atoms with Crippen LogP contribution in [0.15, 0.2) is 47.1 Å². The Hall–Kier alpha value is -3.29. The zero-order chi connectivity index (χ0) is 15.4. The van der Waals surface area contributed by atoms with Crippen LogP contribution in [0, 0.1) is 0 Å². The first-order valence-electron chi connectivity index (χ1n) is 6.35. The summed E-state index contributed by atoms with van der Waals surface area (Å²) in [6.45, 7) is -0.172. The number of ether oxygens (including phenoxy) is 1. The van der Waals surface area contributed by atoms with Crippen molar-refractivity contribution in [2.75, 3.05) is 5.73 Å². The zero-order valence-electron chi connectivity index (χ0n) is 11.3. The van der Waals surface area contributed by atoms with Crippen molar-refractivity contribution in [1.82, 2.24) is 20.2 Å². The first-order chi connectivity index (χ1) is 10.7. The van der Waals surface area contributed by atoms with Gasteiger partial charge in [-0.3, -0.25) is 0 Å². The largest absolute Gasteiger partial charge is 0.451 e. The molecule has 0 atom stereocenters. The summed E-state index contributed by atoms with van der Waals surface area (Å²) in [5, 5.41) is 7.71.